The molecule has 4 N–H and O–H groups in total. The van der Waals surface area contributed by atoms with Gasteiger partial charge in [0.25, 0.3) is 5.91 Å². The van der Waals surface area contributed by atoms with E-state index in [1.54, 1.807) is 12.4 Å². The SMILES string of the molecule is CCC[C@@H](CCO)Nc1nc(N)nc2cnn(Cc3ccc(C(=O)N4CCN(C)CC4)c4cccnc34)c12. The zero-order chi connectivity index (χ0) is 26.6. The van der Waals surface area contributed by atoms with E-state index in [9.17, 15) is 9.90 Å². The van der Waals surface area contributed by atoms with Crippen molar-refractivity contribution in [1.82, 2.24) is 34.5 Å². The third-order valence-corrected chi connectivity index (χ3v) is 7.16. The van der Waals surface area contributed by atoms with Crippen LogP contribution in [0.15, 0.2) is 36.7 Å². The average Bonchev–Trinajstić information content (AvgIpc) is 3.31. The number of aliphatic hydroxyl groups excluding tert-OH is 1. The number of piperazine rings is 1. The highest BCUT2D eigenvalue weighted by atomic mass is 16.3. The van der Waals surface area contributed by atoms with Gasteiger partial charge in [-0.15, -0.1) is 0 Å². The Labute approximate surface area is 221 Å². The maximum absolute atomic E-state index is 13.4. The highest BCUT2D eigenvalue weighted by Crippen LogP contribution is 2.27. The first kappa shape index (κ1) is 25.8. The van der Waals surface area contributed by atoms with Gasteiger partial charge in [0.2, 0.25) is 5.95 Å². The van der Waals surface area contributed by atoms with Crippen LogP contribution in [0.4, 0.5) is 11.8 Å². The fourth-order valence-corrected chi connectivity index (χ4v) is 5.11. The summed E-state index contributed by atoms with van der Waals surface area (Å²) < 4.78 is 1.84. The van der Waals surface area contributed by atoms with E-state index in [2.05, 4.69) is 44.2 Å². The van der Waals surface area contributed by atoms with Crippen LogP contribution in [0.3, 0.4) is 0 Å². The molecule has 11 nitrogen and oxygen atoms in total. The summed E-state index contributed by atoms with van der Waals surface area (Å²) in [6.45, 7) is 5.77. The molecular formula is C27H35N9O2. The Morgan fingerprint density at radius 2 is 1.97 bits per heavy atom. The number of hydrogen-bond donors (Lipinski definition) is 3. The number of nitrogens with zero attached hydrogens (tertiary/aromatic N) is 7. The lowest BCUT2D eigenvalue weighted by molar-refractivity contribution is 0.0666. The molecule has 5 rings (SSSR count). The van der Waals surface area contributed by atoms with Crippen molar-refractivity contribution in [3.8, 4) is 0 Å². The Morgan fingerprint density at radius 1 is 1.16 bits per heavy atom. The highest BCUT2D eigenvalue weighted by molar-refractivity contribution is 6.07. The number of benzene rings is 1. The lowest BCUT2D eigenvalue weighted by Gasteiger charge is -2.32. The number of hydrogen-bond acceptors (Lipinski definition) is 9. The maximum Gasteiger partial charge on any atom is 0.254 e. The van der Waals surface area contributed by atoms with Crippen molar-refractivity contribution in [2.45, 2.75) is 38.8 Å². The second kappa shape index (κ2) is 11.3. The Balaban J connectivity index is 1.50. The van der Waals surface area contributed by atoms with E-state index in [4.69, 9.17) is 5.73 Å². The molecule has 4 heterocycles. The molecule has 4 aromatic rings. The number of carbonyl (C=O) groups is 1. The number of likely N-dealkylation sites (N-methyl/N-ethyl adjacent to an activating group) is 1. The predicted octanol–water partition coefficient (Wildman–Crippen LogP) is 2.36. The number of nitrogen functional groups attached to an aromatic ring is 1. The van der Waals surface area contributed by atoms with Crippen LogP contribution >= 0.6 is 0 Å². The summed E-state index contributed by atoms with van der Waals surface area (Å²) in [7, 11) is 2.08. The van der Waals surface area contributed by atoms with E-state index in [-0.39, 0.29) is 24.5 Å². The summed E-state index contributed by atoms with van der Waals surface area (Å²) in [5.41, 5.74) is 9.74. The van der Waals surface area contributed by atoms with Gasteiger partial charge in [-0.2, -0.15) is 10.1 Å². The summed E-state index contributed by atoms with van der Waals surface area (Å²) in [4.78, 5) is 31.1. The quantitative estimate of drug-likeness (QED) is 0.305. The van der Waals surface area contributed by atoms with Crippen molar-refractivity contribution < 1.29 is 9.90 Å². The number of amides is 1. The van der Waals surface area contributed by atoms with Gasteiger partial charge >= 0.3 is 0 Å². The molecule has 0 bridgehead atoms. The summed E-state index contributed by atoms with van der Waals surface area (Å²) in [5.74, 6) is 0.794. The fourth-order valence-electron chi connectivity index (χ4n) is 5.11. The zero-order valence-corrected chi connectivity index (χ0v) is 22.0. The predicted molar refractivity (Wildman–Crippen MR) is 148 cm³/mol. The Kier molecular flexibility index (Phi) is 7.66. The number of nitrogens with one attached hydrogen (secondary N) is 1. The fraction of sp³-hybridized carbons (Fsp3) is 0.444. The molecule has 1 saturated heterocycles. The molecule has 0 unspecified atom stereocenters. The Bertz CT molecular complexity index is 1420. The number of rotatable bonds is 9. The molecule has 0 radical (unpaired) electrons. The normalized spacial score (nSPS) is 15.3. The van der Waals surface area contributed by atoms with Crippen LogP contribution in [0.5, 0.6) is 0 Å². The van der Waals surface area contributed by atoms with Gasteiger partial charge in [0.15, 0.2) is 5.82 Å². The molecule has 1 atom stereocenters. The third-order valence-electron chi connectivity index (χ3n) is 7.16. The number of nitrogens with two attached hydrogens (primary N) is 1. The molecule has 11 heteroatoms. The van der Waals surface area contributed by atoms with Crippen molar-refractivity contribution in [3.05, 3.63) is 47.8 Å². The number of anilines is 2. The van der Waals surface area contributed by atoms with Gasteiger partial charge < -0.3 is 26.0 Å². The summed E-state index contributed by atoms with van der Waals surface area (Å²) in [5, 5.41) is 18.4. The molecule has 1 aliphatic rings. The van der Waals surface area contributed by atoms with Crippen molar-refractivity contribution in [1.29, 1.82) is 0 Å². The van der Waals surface area contributed by atoms with Crippen LogP contribution in [0.1, 0.15) is 42.1 Å². The van der Waals surface area contributed by atoms with Gasteiger partial charge in [-0.05, 0) is 37.6 Å². The van der Waals surface area contributed by atoms with Crippen molar-refractivity contribution in [2.75, 3.05) is 50.9 Å². The first-order valence-electron chi connectivity index (χ1n) is 13.2. The summed E-state index contributed by atoms with van der Waals surface area (Å²) >= 11 is 0. The smallest absolute Gasteiger partial charge is 0.254 e. The second-order valence-corrected chi connectivity index (χ2v) is 9.88. The van der Waals surface area contributed by atoms with Gasteiger partial charge in [0.1, 0.15) is 11.0 Å². The third kappa shape index (κ3) is 5.25. The lowest BCUT2D eigenvalue weighted by Crippen LogP contribution is -2.47. The standard InChI is InChI=1S/C27H35N9O2/c1-3-5-19(9-15-37)31-25-24-22(32-27(28)33-25)16-30-36(24)17-18-7-8-21(20-6-4-10-29-23(18)20)26(38)35-13-11-34(2)12-14-35/h4,6-8,10,16,19,37H,3,5,9,11-15,17H2,1-2H3,(H3,28,31,32,33)/t19-/m0/s1. The van der Waals surface area contributed by atoms with Crippen molar-refractivity contribution in [3.63, 3.8) is 0 Å². The van der Waals surface area contributed by atoms with Crippen LogP contribution in [0.25, 0.3) is 21.9 Å². The van der Waals surface area contributed by atoms with Gasteiger partial charge in [0.05, 0.1) is 18.3 Å². The molecule has 200 valence electrons. The minimum absolute atomic E-state index is 0.0356. The minimum atomic E-state index is 0.0356. The van der Waals surface area contributed by atoms with Gasteiger partial charge in [0, 0.05) is 56.0 Å². The largest absolute Gasteiger partial charge is 0.396 e. The van der Waals surface area contributed by atoms with E-state index >= 15 is 0 Å². The molecular weight excluding hydrogens is 482 g/mol. The average molecular weight is 518 g/mol. The number of carbonyl (C=O) groups excluding carboxylic acids is 1. The molecule has 1 aromatic carbocycles. The number of fused-ring (bicyclic) bond motifs is 2. The molecule has 3 aromatic heterocycles. The molecule has 1 fully saturated rings. The molecule has 38 heavy (non-hydrogen) atoms. The Hall–Kier alpha value is -3.83. The molecule has 0 aliphatic carbocycles. The molecule has 1 aliphatic heterocycles. The topological polar surface area (TPSA) is 138 Å². The van der Waals surface area contributed by atoms with Crippen molar-refractivity contribution in [2.24, 2.45) is 0 Å². The maximum atomic E-state index is 13.4. The summed E-state index contributed by atoms with van der Waals surface area (Å²) in [6.07, 6.45) is 5.89. The molecule has 0 spiro atoms. The Morgan fingerprint density at radius 3 is 2.74 bits per heavy atom. The number of pyridine rings is 1. The second-order valence-electron chi connectivity index (χ2n) is 9.88. The molecule has 1 amide bonds. The van der Waals surface area contributed by atoms with E-state index in [0.717, 1.165) is 47.9 Å². The minimum Gasteiger partial charge on any atom is -0.396 e. The van der Waals surface area contributed by atoms with Gasteiger partial charge in [-0.3, -0.25) is 14.5 Å². The van der Waals surface area contributed by atoms with E-state index in [1.165, 1.54) is 0 Å². The van der Waals surface area contributed by atoms with Crippen molar-refractivity contribution >= 4 is 39.6 Å². The number of aromatic nitrogens is 5. The monoisotopic (exact) mass is 517 g/mol. The lowest BCUT2D eigenvalue weighted by atomic mass is 10.0. The van der Waals surface area contributed by atoms with E-state index < -0.39 is 0 Å². The van der Waals surface area contributed by atoms with E-state index in [0.29, 0.717) is 43.0 Å². The van der Waals surface area contributed by atoms with Crippen LogP contribution in [0.2, 0.25) is 0 Å². The highest BCUT2D eigenvalue weighted by Gasteiger charge is 2.23. The number of aliphatic hydroxyl groups is 1. The molecule has 0 saturated carbocycles. The van der Waals surface area contributed by atoms with Gasteiger partial charge in [-0.1, -0.05) is 25.5 Å². The van der Waals surface area contributed by atoms with Crippen LogP contribution in [0, 0.1) is 0 Å². The van der Waals surface area contributed by atoms with Gasteiger partial charge in [-0.25, -0.2) is 4.98 Å². The first-order chi connectivity index (χ1) is 18.5. The van der Waals surface area contributed by atoms with Crippen LogP contribution < -0.4 is 11.1 Å². The van der Waals surface area contributed by atoms with Crippen LogP contribution in [-0.2, 0) is 6.54 Å². The first-order valence-corrected chi connectivity index (χ1v) is 13.2. The summed E-state index contributed by atoms with van der Waals surface area (Å²) in [6, 6.07) is 7.73. The van der Waals surface area contributed by atoms with E-state index in [1.807, 2.05) is 33.8 Å². The van der Waals surface area contributed by atoms with Crippen LogP contribution in [-0.4, -0.2) is 91.4 Å². The zero-order valence-electron chi connectivity index (χ0n) is 22.0.